The first-order chi connectivity index (χ1) is 15.9. The van der Waals surface area contributed by atoms with Crippen molar-refractivity contribution in [1.82, 2.24) is 4.90 Å². The number of anilines is 2. The molecule has 2 bridgehead atoms. The van der Waals surface area contributed by atoms with Crippen LogP contribution in [-0.4, -0.2) is 57.1 Å². The normalized spacial score (nSPS) is 20.2. The van der Waals surface area contributed by atoms with Gasteiger partial charge >= 0.3 is 6.18 Å². The number of carbonyl (C=O) groups excluding carboxylic acids is 1. The first-order valence-corrected chi connectivity index (χ1v) is 12.4. The molecule has 0 aliphatic carbocycles. The standard InChI is InChI=1S/C23H25F4N3O3S/c1-15-8-9-20(29-12-18-10-19(29)11-28(18)16(2)31)22(21(15)24)30(14-23(25,26)27)34(32,33)13-17-6-4-3-5-7-17/h3-9,18-19H,10-14H2,1-2H3/t18-,19-/m1/s1. The van der Waals surface area contributed by atoms with E-state index >= 15 is 4.39 Å². The van der Waals surface area contributed by atoms with Crippen LogP contribution in [0, 0.1) is 12.7 Å². The minimum atomic E-state index is -4.90. The summed E-state index contributed by atoms with van der Waals surface area (Å²) in [6.45, 7) is 1.62. The number of hydrogen-bond donors (Lipinski definition) is 0. The Kier molecular flexibility index (Phi) is 6.26. The maximum atomic E-state index is 15.5. The molecule has 4 rings (SSSR count). The van der Waals surface area contributed by atoms with Gasteiger partial charge < -0.3 is 9.80 Å². The van der Waals surface area contributed by atoms with Crippen LogP contribution in [0.4, 0.5) is 28.9 Å². The summed E-state index contributed by atoms with van der Waals surface area (Å²) >= 11 is 0. The zero-order valence-electron chi connectivity index (χ0n) is 18.7. The second-order valence-electron chi connectivity index (χ2n) is 8.79. The van der Waals surface area contributed by atoms with Crippen molar-refractivity contribution < 1.29 is 30.8 Å². The number of aryl methyl sites for hydroxylation is 1. The third kappa shape index (κ3) is 4.70. The maximum absolute atomic E-state index is 15.5. The fourth-order valence-electron chi connectivity index (χ4n) is 4.81. The smallest absolute Gasteiger partial charge is 0.363 e. The van der Waals surface area contributed by atoms with Gasteiger partial charge in [0.1, 0.15) is 12.2 Å². The molecule has 0 radical (unpaired) electrons. The molecule has 0 aromatic heterocycles. The van der Waals surface area contributed by atoms with Gasteiger partial charge in [0.2, 0.25) is 15.9 Å². The van der Waals surface area contributed by atoms with Crippen LogP contribution in [-0.2, 0) is 20.6 Å². The Balaban J connectivity index is 1.79. The molecule has 0 unspecified atom stereocenters. The van der Waals surface area contributed by atoms with Crippen molar-refractivity contribution in [3.05, 3.63) is 59.4 Å². The highest BCUT2D eigenvalue weighted by Crippen LogP contribution is 2.43. The van der Waals surface area contributed by atoms with Gasteiger partial charge in [0.05, 0.1) is 17.5 Å². The van der Waals surface area contributed by atoms with Crippen molar-refractivity contribution >= 4 is 27.3 Å². The van der Waals surface area contributed by atoms with Gasteiger partial charge in [-0.1, -0.05) is 36.4 Å². The van der Waals surface area contributed by atoms with Crippen LogP contribution in [0.3, 0.4) is 0 Å². The van der Waals surface area contributed by atoms with E-state index in [1.165, 1.54) is 38.1 Å². The lowest BCUT2D eigenvalue weighted by Gasteiger charge is -2.38. The van der Waals surface area contributed by atoms with E-state index in [1.807, 2.05) is 0 Å². The maximum Gasteiger partial charge on any atom is 0.407 e. The van der Waals surface area contributed by atoms with E-state index in [0.29, 0.717) is 25.1 Å². The van der Waals surface area contributed by atoms with E-state index in [-0.39, 0.29) is 33.5 Å². The van der Waals surface area contributed by atoms with Crippen LogP contribution < -0.4 is 9.21 Å². The van der Waals surface area contributed by atoms with Crippen LogP contribution in [0.5, 0.6) is 0 Å². The average molecular weight is 500 g/mol. The molecule has 2 aromatic rings. The molecule has 2 aliphatic heterocycles. The number of hydrogen-bond acceptors (Lipinski definition) is 4. The van der Waals surface area contributed by atoms with Crippen molar-refractivity contribution in [3.63, 3.8) is 0 Å². The summed E-state index contributed by atoms with van der Waals surface area (Å²) in [4.78, 5) is 15.3. The molecule has 34 heavy (non-hydrogen) atoms. The number of alkyl halides is 3. The van der Waals surface area contributed by atoms with Crippen LogP contribution in [0.2, 0.25) is 0 Å². The van der Waals surface area contributed by atoms with Crippen molar-refractivity contribution in [2.24, 2.45) is 0 Å². The highest BCUT2D eigenvalue weighted by Gasteiger charge is 2.47. The summed E-state index contributed by atoms with van der Waals surface area (Å²) in [5, 5.41) is 0. The lowest BCUT2D eigenvalue weighted by atomic mass is 10.1. The van der Waals surface area contributed by atoms with Crippen molar-refractivity contribution in [2.45, 2.75) is 44.3 Å². The zero-order chi connectivity index (χ0) is 24.8. The molecule has 6 nitrogen and oxygen atoms in total. The Bertz CT molecular complexity index is 1190. The summed E-state index contributed by atoms with van der Waals surface area (Å²) in [6, 6.07) is 10.3. The molecule has 2 heterocycles. The van der Waals surface area contributed by atoms with Gasteiger partial charge in [0.25, 0.3) is 0 Å². The number of rotatable bonds is 6. The largest absolute Gasteiger partial charge is 0.407 e. The number of carbonyl (C=O) groups is 1. The molecule has 1 amide bonds. The molecule has 2 saturated heterocycles. The highest BCUT2D eigenvalue weighted by atomic mass is 32.2. The van der Waals surface area contributed by atoms with Crippen molar-refractivity contribution in [2.75, 3.05) is 28.8 Å². The number of sulfonamides is 1. The van der Waals surface area contributed by atoms with Gasteiger partial charge in [-0.05, 0) is 30.5 Å². The van der Waals surface area contributed by atoms with E-state index in [9.17, 15) is 26.4 Å². The zero-order valence-corrected chi connectivity index (χ0v) is 19.5. The molecule has 0 spiro atoms. The average Bonchev–Trinajstić information content (AvgIpc) is 3.35. The SMILES string of the molecule is CC(=O)N1C[C@H]2C[C@@H]1CN2c1ccc(C)c(F)c1N(CC(F)(F)F)S(=O)(=O)Cc1ccccc1. The van der Waals surface area contributed by atoms with Gasteiger partial charge in [0.15, 0.2) is 5.82 Å². The van der Waals surface area contributed by atoms with Gasteiger partial charge in [0, 0.05) is 26.1 Å². The summed E-state index contributed by atoms with van der Waals surface area (Å²) < 4.78 is 83.1. The predicted molar refractivity (Wildman–Crippen MR) is 121 cm³/mol. The fraction of sp³-hybridized carbons (Fsp3) is 0.435. The minimum absolute atomic E-state index is 0.0376. The molecule has 0 saturated carbocycles. The summed E-state index contributed by atoms with van der Waals surface area (Å²) in [5.74, 6) is -1.82. The van der Waals surface area contributed by atoms with E-state index in [4.69, 9.17) is 0 Å². The Morgan fingerprint density at radius 2 is 1.76 bits per heavy atom. The van der Waals surface area contributed by atoms with Crippen molar-refractivity contribution in [1.29, 1.82) is 0 Å². The number of fused-ring (bicyclic) bond motifs is 2. The van der Waals surface area contributed by atoms with Crippen LogP contribution in [0.15, 0.2) is 42.5 Å². The molecular formula is C23H25F4N3O3S. The van der Waals surface area contributed by atoms with E-state index < -0.39 is 40.0 Å². The fourth-order valence-corrected chi connectivity index (χ4v) is 6.38. The lowest BCUT2D eigenvalue weighted by Crippen LogP contribution is -2.49. The van der Waals surface area contributed by atoms with Gasteiger partial charge in [-0.3, -0.25) is 9.10 Å². The van der Waals surface area contributed by atoms with Crippen LogP contribution >= 0.6 is 0 Å². The first kappa shape index (κ1) is 24.3. The number of likely N-dealkylation sites (tertiary alicyclic amines) is 1. The number of nitrogens with zero attached hydrogens (tertiary/aromatic N) is 3. The number of piperazine rings is 1. The van der Waals surface area contributed by atoms with E-state index in [2.05, 4.69) is 0 Å². The molecule has 2 atom stereocenters. The highest BCUT2D eigenvalue weighted by molar-refractivity contribution is 7.92. The summed E-state index contributed by atoms with van der Waals surface area (Å²) in [6.07, 6.45) is -4.31. The lowest BCUT2D eigenvalue weighted by molar-refractivity contribution is -0.129. The second-order valence-corrected chi connectivity index (χ2v) is 10.7. The third-order valence-electron chi connectivity index (χ3n) is 6.34. The van der Waals surface area contributed by atoms with Gasteiger partial charge in [-0.2, -0.15) is 13.2 Å². The third-order valence-corrected chi connectivity index (χ3v) is 8.02. The van der Waals surface area contributed by atoms with Gasteiger partial charge in [-0.25, -0.2) is 12.8 Å². The Labute approximate surface area is 195 Å². The molecule has 184 valence electrons. The summed E-state index contributed by atoms with van der Waals surface area (Å²) in [5.41, 5.74) is -0.188. The minimum Gasteiger partial charge on any atom is -0.363 e. The number of benzene rings is 2. The second kappa shape index (κ2) is 8.75. The monoisotopic (exact) mass is 499 g/mol. The number of halogens is 4. The topological polar surface area (TPSA) is 60.9 Å². The molecule has 11 heteroatoms. The van der Waals surface area contributed by atoms with Crippen molar-refractivity contribution in [3.8, 4) is 0 Å². The molecule has 0 N–H and O–H groups in total. The number of amides is 1. The first-order valence-electron chi connectivity index (χ1n) is 10.8. The molecule has 2 fully saturated rings. The molecule has 2 aliphatic rings. The van der Waals surface area contributed by atoms with Gasteiger partial charge in [-0.15, -0.1) is 0 Å². The molecular weight excluding hydrogens is 474 g/mol. The molecule has 2 aromatic carbocycles. The Hall–Kier alpha value is -2.82. The quantitative estimate of drug-likeness (QED) is 0.567. The van der Waals surface area contributed by atoms with Crippen LogP contribution in [0.1, 0.15) is 24.5 Å². The Morgan fingerprint density at radius 3 is 2.32 bits per heavy atom. The van der Waals surface area contributed by atoms with E-state index in [0.717, 1.165) is 0 Å². The Morgan fingerprint density at radius 1 is 1.09 bits per heavy atom. The predicted octanol–water partition coefficient (Wildman–Crippen LogP) is 3.84. The summed E-state index contributed by atoms with van der Waals surface area (Å²) in [7, 11) is -4.61. The van der Waals surface area contributed by atoms with E-state index in [1.54, 1.807) is 28.0 Å². The van der Waals surface area contributed by atoms with Crippen LogP contribution in [0.25, 0.3) is 0 Å².